The fourth-order valence-corrected chi connectivity index (χ4v) is 2.33. The van der Waals surface area contributed by atoms with Crippen molar-refractivity contribution in [2.24, 2.45) is 0 Å². The van der Waals surface area contributed by atoms with Crippen LogP contribution in [0.3, 0.4) is 0 Å². The van der Waals surface area contributed by atoms with Crippen LogP contribution < -0.4 is 5.32 Å². The lowest BCUT2D eigenvalue weighted by molar-refractivity contribution is 0.288. The van der Waals surface area contributed by atoms with Crippen LogP contribution in [-0.2, 0) is 0 Å². The first-order valence-corrected chi connectivity index (χ1v) is 6.68. The van der Waals surface area contributed by atoms with E-state index in [1.165, 1.54) is 22.3 Å². The van der Waals surface area contributed by atoms with Gasteiger partial charge in [-0.15, -0.1) is 0 Å². The monoisotopic (exact) mass is 255 g/mol. The van der Waals surface area contributed by atoms with Crippen molar-refractivity contribution in [3.8, 4) is 0 Å². The topological polar surface area (TPSA) is 32.3 Å². The number of nitrogens with one attached hydrogen (secondary N) is 1. The molecule has 0 aromatic heterocycles. The third kappa shape index (κ3) is 3.43. The lowest BCUT2D eigenvalue weighted by Crippen LogP contribution is -2.26. The molecule has 0 radical (unpaired) electrons. The Bertz CT molecular complexity index is 522. The fourth-order valence-electron chi connectivity index (χ4n) is 2.33. The quantitative estimate of drug-likeness (QED) is 0.861. The Labute approximate surface area is 115 Å². The first-order valence-electron chi connectivity index (χ1n) is 6.68. The van der Waals surface area contributed by atoms with Crippen molar-refractivity contribution >= 4 is 0 Å². The summed E-state index contributed by atoms with van der Waals surface area (Å²) in [7, 11) is 0. The maximum absolute atomic E-state index is 9.07. The van der Waals surface area contributed by atoms with Crippen LogP contribution in [0.2, 0.25) is 0 Å². The summed E-state index contributed by atoms with van der Waals surface area (Å²) in [6, 6.07) is 17.0. The van der Waals surface area contributed by atoms with Crippen molar-refractivity contribution in [2.45, 2.75) is 19.9 Å². The molecule has 2 aromatic rings. The summed E-state index contributed by atoms with van der Waals surface area (Å²) in [4.78, 5) is 0. The van der Waals surface area contributed by atoms with Crippen LogP contribution in [0.4, 0.5) is 0 Å². The van der Waals surface area contributed by atoms with Gasteiger partial charge in [-0.2, -0.15) is 0 Å². The van der Waals surface area contributed by atoms with Gasteiger partial charge in [-0.25, -0.2) is 0 Å². The van der Waals surface area contributed by atoms with Crippen LogP contribution in [0, 0.1) is 13.8 Å². The minimum Gasteiger partial charge on any atom is -0.395 e. The Morgan fingerprint density at radius 3 is 2.47 bits per heavy atom. The van der Waals surface area contributed by atoms with Gasteiger partial charge >= 0.3 is 0 Å². The molecule has 0 heterocycles. The van der Waals surface area contributed by atoms with Crippen LogP contribution in [-0.4, -0.2) is 18.3 Å². The number of aliphatic hydroxyl groups excluding tert-OH is 1. The number of aliphatic hydroxyl groups is 1. The van der Waals surface area contributed by atoms with Gasteiger partial charge in [0.25, 0.3) is 0 Å². The Balaban J connectivity index is 2.40. The predicted molar refractivity (Wildman–Crippen MR) is 79.3 cm³/mol. The predicted octanol–water partition coefficient (Wildman–Crippen LogP) is 2.97. The lowest BCUT2D eigenvalue weighted by Gasteiger charge is -2.22. The summed E-state index contributed by atoms with van der Waals surface area (Å²) in [5.41, 5.74) is 5.03. The molecule has 1 unspecified atom stereocenters. The Morgan fingerprint density at radius 2 is 1.79 bits per heavy atom. The molecular formula is C17H21NO. The number of hydrogen-bond acceptors (Lipinski definition) is 2. The van der Waals surface area contributed by atoms with Crippen molar-refractivity contribution < 1.29 is 5.11 Å². The average Bonchev–Trinajstić information content (AvgIpc) is 2.44. The van der Waals surface area contributed by atoms with Crippen molar-refractivity contribution in [2.75, 3.05) is 13.2 Å². The molecule has 0 fully saturated rings. The first-order chi connectivity index (χ1) is 9.22. The van der Waals surface area contributed by atoms with Gasteiger partial charge in [0.1, 0.15) is 0 Å². The smallest absolute Gasteiger partial charge is 0.0580 e. The second-order valence-corrected chi connectivity index (χ2v) is 4.88. The number of benzene rings is 2. The van der Waals surface area contributed by atoms with E-state index in [0.29, 0.717) is 6.54 Å². The molecule has 0 aliphatic heterocycles. The van der Waals surface area contributed by atoms with Gasteiger partial charge in [0.15, 0.2) is 0 Å². The third-order valence-electron chi connectivity index (χ3n) is 3.34. The maximum Gasteiger partial charge on any atom is 0.0580 e. The van der Waals surface area contributed by atoms with Gasteiger partial charge in [-0.05, 0) is 30.5 Å². The van der Waals surface area contributed by atoms with Gasteiger partial charge < -0.3 is 10.4 Å². The van der Waals surface area contributed by atoms with E-state index in [2.05, 4.69) is 49.5 Å². The first kappa shape index (κ1) is 13.8. The zero-order valence-corrected chi connectivity index (χ0v) is 11.6. The summed E-state index contributed by atoms with van der Waals surface area (Å²) in [6.45, 7) is 4.98. The minimum absolute atomic E-state index is 0.133. The van der Waals surface area contributed by atoms with E-state index in [1.54, 1.807) is 0 Å². The van der Waals surface area contributed by atoms with Crippen molar-refractivity contribution in [3.05, 3.63) is 70.8 Å². The van der Waals surface area contributed by atoms with E-state index >= 15 is 0 Å². The number of rotatable bonds is 5. The van der Waals surface area contributed by atoms with Crippen LogP contribution in [0.25, 0.3) is 0 Å². The Kier molecular flexibility index (Phi) is 4.72. The highest BCUT2D eigenvalue weighted by molar-refractivity contribution is 5.39. The van der Waals surface area contributed by atoms with E-state index in [9.17, 15) is 0 Å². The number of aryl methyl sites for hydroxylation is 2. The molecule has 0 aliphatic rings. The molecule has 2 heteroatoms. The summed E-state index contributed by atoms with van der Waals surface area (Å²) in [6.07, 6.45) is 0. The second-order valence-electron chi connectivity index (χ2n) is 4.88. The van der Waals surface area contributed by atoms with Crippen molar-refractivity contribution in [3.63, 3.8) is 0 Å². The normalized spacial score (nSPS) is 12.4. The van der Waals surface area contributed by atoms with E-state index in [1.807, 2.05) is 18.2 Å². The van der Waals surface area contributed by atoms with Gasteiger partial charge in [0.05, 0.1) is 12.6 Å². The molecule has 2 aromatic carbocycles. The molecule has 0 aliphatic carbocycles. The standard InChI is InChI=1S/C17H21NO/c1-13-8-9-14(2)16(12-13)17(18-10-11-19)15-6-4-3-5-7-15/h3-9,12,17-19H,10-11H2,1-2H3. The largest absolute Gasteiger partial charge is 0.395 e. The van der Waals surface area contributed by atoms with Gasteiger partial charge in [0, 0.05) is 6.54 Å². The highest BCUT2D eigenvalue weighted by Gasteiger charge is 2.15. The Hall–Kier alpha value is -1.64. The molecule has 2 nitrogen and oxygen atoms in total. The molecule has 0 spiro atoms. The fraction of sp³-hybridized carbons (Fsp3) is 0.294. The van der Waals surface area contributed by atoms with Crippen LogP contribution in [0.5, 0.6) is 0 Å². The summed E-state index contributed by atoms with van der Waals surface area (Å²) >= 11 is 0. The van der Waals surface area contributed by atoms with E-state index in [4.69, 9.17) is 5.11 Å². The molecule has 19 heavy (non-hydrogen) atoms. The van der Waals surface area contributed by atoms with Crippen LogP contribution >= 0.6 is 0 Å². The maximum atomic E-state index is 9.07. The van der Waals surface area contributed by atoms with Crippen LogP contribution in [0.15, 0.2) is 48.5 Å². The molecule has 1 atom stereocenters. The Morgan fingerprint density at radius 1 is 1.05 bits per heavy atom. The lowest BCUT2D eigenvalue weighted by atomic mass is 9.93. The van der Waals surface area contributed by atoms with E-state index in [-0.39, 0.29) is 12.6 Å². The van der Waals surface area contributed by atoms with Crippen molar-refractivity contribution in [1.29, 1.82) is 0 Å². The zero-order chi connectivity index (χ0) is 13.7. The third-order valence-corrected chi connectivity index (χ3v) is 3.34. The average molecular weight is 255 g/mol. The van der Waals surface area contributed by atoms with Gasteiger partial charge in [-0.3, -0.25) is 0 Å². The van der Waals surface area contributed by atoms with Crippen LogP contribution in [0.1, 0.15) is 28.3 Å². The number of hydrogen-bond donors (Lipinski definition) is 2. The highest BCUT2D eigenvalue weighted by atomic mass is 16.3. The molecule has 0 amide bonds. The molecule has 100 valence electrons. The SMILES string of the molecule is Cc1ccc(C)c(C(NCCO)c2ccccc2)c1. The van der Waals surface area contributed by atoms with Gasteiger partial charge in [0.2, 0.25) is 0 Å². The minimum atomic E-state index is 0.133. The molecule has 0 bridgehead atoms. The molecule has 2 N–H and O–H groups in total. The molecule has 0 saturated carbocycles. The van der Waals surface area contributed by atoms with Gasteiger partial charge in [-0.1, -0.05) is 54.1 Å². The molecule has 2 rings (SSSR count). The second kappa shape index (κ2) is 6.50. The molecular weight excluding hydrogens is 234 g/mol. The highest BCUT2D eigenvalue weighted by Crippen LogP contribution is 2.25. The summed E-state index contributed by atoms with van der Waals surface area (Å²) < 4.78 is 0. The zero-order valence-electron chi connectivity index (χ0n) is 11.6. The van der Waals surface area contributed by atoms with E-state index < -0.39 is 0 Å². The van der Waals surface area contributed by atoms with Crippen molar-refractivity contribution in [1.82, 2.24) is 5.32 Å². The molecule has 0 saturated heterocycles. The van der Waals surface area contributed by atoms with E-state index in [0.717, 1.165) is 0 Å². The summed E-state index contributed by atoms with van der Waals surface area (Å²) in [5.74, 6) is 0. The summed E-state index contributed by atoms with van der Waals surface area (Å²) in [5, 5.41) is 12.5.